The van der Waals surface area contributed by atoms with E-state index in [4.69, 9.17) is 9.52 Å². The number of thiazole rings is 1. The maximum Gasteiger partial charge on any atom is 0.163 e. The highest BCUT2D eigenvalue weighted by Gasteiger charge is 2.11. The average Bonchev–Trinajstić information content (AvgIpc) is 3.14. The fourth-order valence-electron chi connectivity index (χ4n) is 2.15. The minimum absolute atomic E-state index is 0.112. The Morgan fingerprint density at radius 2 is 2.14 bits per heavy atom. The molecule has 0 radical (unpaired) electrons. The molecule has 4 nitrogen and oxygen atoms in total. The van der Waals surface area contributed by atoms with Gasteiger partial charge < -0.3 is 14.8 Å². The van der Waals surface area contributed by atoms with Crippen molar-refractivity contribution < 1.29 is 9.52 Å². The van der Waals surface area contributed by atoms with Crippen molar-refractivity contribution in [2.45, 2.75) is 25.9 Å². The van der Waals surface area contributed by atoms with E-state index in [0.29, 0.717) is 6.54 Å². The molecule has 0 amide bonds. The summed E-state index contributed by atoms with van der Waals surface area (Å²) in [4.78, 5) is 4.59. The molecule has 0 fully saturated rings. The summed E-state index contributed by atoms with van der Waals surface area (Å²) in [5.41, 5.74) is 1.000. The first-order valence-corrected chi connectivity index (χ1v) is 7.90. The van der Waals surface area contributed by atoms with Crippen LogP contribution in [0.3, 0.4) is 0 Å². The predicted molar refractivity (Wildman–Crippen MR) is 85.3 cm³/mol. The molecular weight excluding hydrogens is 284 g/mol. The first-order valence-electron chi connectivity index (χ1n) is 7.09. The third-order valence-corrected chi connectivity index (χ3v) is 4.50. The van der Waals surface area contributed by atoms with Crippen LogP contribution in [0.25, 0.3) is 21.0 Å². The summed E-state index contributed by atoms with van der Waals surface area (Å²) in [6.07, 6.45) is 0.891. The molecule has 2 heterocycles. The van der Waals surface area contributed by atoms with Crippen molar-refractivity contribution in [1.82, 2.24) is 10.3 Å². The number of rotatable bonds is 6. The molecule has 0 spiro atoms. The van der Waals surface area contributed by atoms with Gasteiger partial charge in [0.2, 0.25) is 0 Å². The van der Waals surface area contributed by atoms with E-state index in [1.165, 1.54) is 0 Å². The van der Waals surface area contributed by atoms with Crippen molar-refractivity contribution in [2.24, 2.45) is 0 Å². The number of aliphatic hydroxyl groups excluding tert-OH is 1. The molecule has 0 aliphatic heterocycles. The SMILES string of the molecule is CCC(CO)NCc1ccc(-c2nc3ccccc3s2)o1. The van der Waals surface area contributed by atoms with Gasteiger partial charge in [-0.05, 0) is 30.7 Å². The Morgan fingerprint density at radius 3 is 2.90 bits per heavy atom. The highest BCUT2D eigenvalue weighted by molar-refractivity contribution is 7.21. The second-order valence-electron chi connectivity index (χ2n) is 4.92. The third kappa shape index (κ3) is 3.15. The maximum absolute atomic E-state index is 9.17. The zero-order chi connectivity index (χ0) is 14.7. The van der Waals surface area contributed by atoms with Gasteiger partial charge in [-0.3, -0.25) is 0 Å². The predicted octanol–water partition coefficient (Wildman–Crippen LogP) is 3.42. The van der Waals surface area contributed by atoms with Crippen molar-refractivity contribution in [3.63, 3.8) is 0 Å². The van der Waals surface area contributed by atoms with Gasteiger partial charge >= 0.3 is 0 Å². The van der Waals surface area contributed by atoms with E-state index in [1.807, 2.05) is 37.3 Å². The molecule has 3 rings (SSSR count). The number of aromatic nitrogens is 1. The second kappa shape index (κ2) is 6.39. The normalized spacial score (nSPS) is 12.9. The Kier molecular flexibility index (Phi) is 4.34. The van der Waals surface area contributed by atoms with E-state index in [-0.39, 0.29) is 12.6 Å². The van der Waals surface area contributed by atoms with Crippen LogP contribution in [0.5, 0.6) is 0 Å². The summed E-state index contributed by atoms with van der Waals surface area (Å²) in [5, 5.41) is 13.3. The van der Waals surface area contributed by atoms with Gasteiger partial charge in [0.05, 0.1) is 23.4 Å². The second-order valence-corrected chi connectivity index (χ2v) is 5.95. The lowest BCUT2D eigenvalue weighted by Crippen LogP contribution is -2.30. The van der Waals surface area contributed by atoms with Gasteiger partial charge in [-0.2, -0.15) is 0 Å². The first-order chi connectivity index (χ1) is 10.3. The summed E-state index contributed by atoms with van der Waals surface area (Å²) in [6, 6.07) is 12.1. The summed E-state index contributed by atoms with van der Waals surface area (Å²) < 4.78 is 7.00. The van der Waals surface area contributed by atoms with Crippen LogP contribution in [0.4, 0.5) is 0 Å². The van der Waals surface area contributed by atoms with E-state index >= 15 is 0 Å². The number of hydrogen-bond donors (Lipinski definition) is 2. The summed E-state index contributed by atoms with van der Waals surface area (Å²) in [6.45, 7) is 2.80. The molecule has 0 saturated carbocycles. The van der Waals surface area contributed by atoms with Gasteiger partial charge in [0.15, 0.2) is 10.8 Å². The molecule has 1 atom stereocenters. The van der Waals surface area contributed by atoms with Gasteiger partial charge in [-0.25, -0.2) is 4.98 Å². The highest BCUT2D eigenvalue weighted by atomic mass is 32.1. The molecule has 5 heteroatoms. The van der Waals surface area contributed by atoms with Crippen molar-refractivity contribution in [3.8, 4) is 10.8 Å². The standard InChI is InChI=1S/C16H18N2O2S/c1-2-11(10-19)17-9-12-7-8-14(20-12)16-18-13-5-3-4-6-15(13)21-16/h3-8,11,17,19H,2,9-10H2,1H3. The maximum atomic E-state index is 9.17. The Labute approximate surface area is 127 Å². The van der Waals surface area contributed by atoms with Crippen LogP contribution in [0, 0.1) is 0 Å². The van der Waals surface area contributed by atoms with E-state index in [0.717, 1.165) is 33.2 Å². The number of aliphatic hydroxyl groups is 1. The van der Waals surface area contributed by atoms with E-state index in [2.05, 4.69) is 16.4 Å². The number of furan rings is 1. The highest BCUT2D eigenvalue weighted by Crippen LogP contribution is 2.31. The topological polar surface area (TPSA) is 58.3 Å². The van der Waals surface area contributed by atoms with E-state index in [1.54, 1.807) is 11.3 Å². The van der Waals surface area contributed by atoms with Crippen LogP contribution in [0.1, 0.15) is 19.1 Å². The zero-order valence-corrected chi connectivity index (χ0v) is 12.7. The van der Waals surface area contributed by atoms with Gasteiger partial charge in [-0.1, -0.05) is 19.1 Å². The number of para-hydroxylation sites is 1. The number of nitrogens with zero attached hydrogens (tertiary/aromatic N) is 1. The zero-order valence-electron chi connectivity index (χ0n) is 11.9. The lowest BCUT2D eigenvalue weighted by Gasteiger charge is -2.12. The smallest absolute Gasteiger partial charge is 0.163 e. The van der Waals surface area contributed by atoms with Gasteiger partial charge in [0, 0.05) is 6.04 Å². The molecule has 1 unspecified atom stereocenters. The molecule has 0 saturated heterocycles. The van der Waals surface area contributed by atoms with Crippen LogP contribution in [-0.2, 0) is 6.54 Å². The molecule has 0 aliphatic carbocycles. The molecule has 0 aliphatic rings. The first kappa shape index (κ1) is 14.3. The van der Waals surface area contributed by atoms with Crippen molar-refractivity contribution in [3.05, 3.63) is 42.2 Å². The fraction of sp³-hybridized carbons (Fsp3) is 0.312. The lowest BCUT2D eigenvalue weighted by molar-refractivity contribution is 0.235. The molecule has 2 aromatic heterocycles. The average molecular weight is 302 g/mol. The molecule has 3 aromatic rings. The quantitative estimate of drug-likeness (QED) is 0.732. The number of fused-ring (bicyclic) bond motifs is 1. The van der Waals surface area contributed by atoms with Crippen LogP contribution in [0.2, 0.25) is 0 Å². The lowest BCUT2D eigenvalue weighted by atomic mass is 10.2. The van der Waals surface area contributed by atoms with Gasteiger partial charge in [0.1, 0.15) is 5.76 Å². The molecule has 2 N–H and O–H groups in total. The van der Waals surface area contributed by atoms with Crippen molar-refractivity contribution in [1.29, 1.82) is 0 Å². The Bertz CT molecular complexity index is 683. The summed E-state index contributed by atoms with van der Waals surface area (Å²) in [5.74, 6) is 1.65. The van der Waals surface area contributed by atoms with E-state index < -0.39 is 0 Å². The van der Waals surface area contributed by atoms with Crippen LogP contribution in [-0.4, -0.2) is 22.7 Å². The Morgan fingerprint density at radius 1 is 1.29 bits per heavy atom. The molecule has 0 bridgehead atoms. The van der Waals surface area contributed by atoms with Crippen molar-refractivity contribution in [2.75, 3.05) is 6.61 Å². The third-order valence-electron chi connectivity index (χ3n) is 3.44. The number of nitrogens with one attached hydrogen (secondary N) is 1. The molecule has 110 valence electrons. The van der Waals surface area contributed by atoms with Crippen LogP contribution < -0.4 is 5.32 Å². The monoisotopic (exact) mass is 302 g/mol. The van der Waals surface area contributed by atoms with Crippen LogP contribution >= 0.6 is 11.3 Å². The Hall–Kier alpha value is -1.69. The molecular formula is C16H18N2O2S. The van der Waals surface area contributed by atoms with Crippen LogP contribution in [0.15, 0.2) is 40.8 Å². The Balaban J connectivity index is 1.75. The summed E-state index contributed by atoms with van der Waals surface area (Å²) in [7, 11) is 0. The number of benzene rings is 1. The molecule has 1 aromatic carbocycles. The summed E-state index contributed by atoms with van der Waals surface area (Å²) >= 11 is 1.63. The van der Waals surface area contributed by atoms with Gasteiger partial charge in [-0.15, -0.1) is 11.3 Å². The van der Waals surface area contributed by atoms with E-state index in [9.17, 15) is 0 Å². The molecule has 21 heavy (non-hydrogen) atoms. The minimum Gasteiger partial charge on any atom is -0.457 e. The fourth-order valence-corrected chi connectivity index (χ4v) is 3.08. The largest absolute Gasteiger partial charge is 0.457 e. The minimum atomic E-state index is 0.112. The van der Waals surface area contributed by atoms with Gasteiger partial charge in [0.25, 0.3) is 0 Å². The number of hydrogen-bond acceptors (Lipinski definition) is 5. The van der Waals surface area contributed by atoms with Crippen molar-refractivity contribution >= 4 is 21.6 Å².